The number of pyridine rings is 2. The molecule has 25 heavy (non-hydrogen) atoms. The van der Waals surface area contributed by atoms with Crippen molar-refractivity contribution in [2.75, 3.05) is 57.3 Å². The first-order valence-electron chi connectivity index (χ1n) is 9.45. The van der Waals surface area contributed by atoms with Crippen molar-refractivity contribution in [2.45, 2.75) is 12.8 Å². The monoisotopic (exact) mass is 337 g/mol. The average molecular weight is 337 g/mol. The van der Waals surface area contributed by atoms with Crippen molar-refractivity contribution >= 4 is 5.82 Å². The SMILES string of the molecule is c1cncc(-c2ccc(N3CCN(CCN4CCCC4)CC3)nc2)c1. The van der Waals surface area contributed by atoms with Gasteiger partial charge in [0.1, 0.15) is 5.82 Å². The summed E-state index contributed by atoms with van der Waals surface area (Å²) in [6.45, 7) is 9.46. The molecule has 0 aliphatic carbocycles. The second-order valence-electron chi connectivity index (χ2n) is 7.02. The molecule has 4 rings (SSSR count). The molecule has 0 aromatic carbocycles. The molecule has 2 aromatic heterocycles. The standard InChI is InChI=1S/C20H27N5/c1-2-9-23(8-1)10-11-24-12-14-25(15-13-24)20-6-5-19(17-22-20)18-4-3-7-21-16-18/h3-7,16-17H,1-2,8-15H2. The van der Waals surface area contributed by atoms with Gasteiger partial charge in [-0.05, 0) is 44.1 Å². The topological polar surface area (TPSA) is 35.5 Å². The van der Waals surface area contributed by atoms with E-state index in [4.69, 9.17) is 0 Å². The van der Waals surface area contributed by atoms with E-state index in [1.807, 2.05) is 18.5 Å². The van der Waals surface area contributed by atoms with Gasteiger partial charge in [0.2, 0.25) is 0 Å². The van der Waals surface area contributed by atoms with Crippen LogP contribution in [0.2, 0.25) is 0 Å². The third-order valence-corrected chi connectivity index (χ3v) is 5.37. The zero-order chi connectivity index (χ0) is 16.9. The molecule has 2 aromatic rings. The van der Waals surface area contributed by atoms with E-state index in [1.165, 1.54) is 39.0 Å². The lowest BCUT2D eigenvalue weighted by atomic mass is 10.1. The van der Waals surface area contributed by atoms with Crippen LogP contribution in [0.1, 0.15) is 12.8 Å². The summed E-state index contributed by atoms with van der Waals surface area (Å²) in [5.74, 6) is 1.09. The van der Waals surface area contributed by atoms with E-state index in [9.17, 15) is 0 Å². The fourth-order valence-electron chi connectivity index (χ4n) is 3.77. The Labute approximate surface area is 150 Å². The highest BCUT2D eigenvalue weighted by Crippen LogP contribution is 2.20. The van der Waals surface area contributed by atoms with Crippen molar-refractivity contribution in [2.24, 2.45) is 0 Å². The normalized spacial score (nSPS) is 19.4. The Balaban J connectivity index is 1.28. The van der Waals surface area contributed by atoms with Crippen LogP contribution in [0.25, 0.3) is 11.1 Å². The summed E-state index contributed by atoms with van der Waals surface area (Å²) in [5, 5.41) is 0. The molecule has 0 radical (unpaired) electrons. The van der Waals surface area contributed by atoms with Gasteiger partial charge >= 0.3 is 0 Å². The predicted octanol–water partition coefficient (Wildman–Crippen LogP) is 2.36. The molecule has 2 fully saturated rings. The molecule has 5 heteroatoms. The van der Waals surface area contributed by atoms with Crippen LogP contribution >= 0.6 is 0 Å². The molecular weight excluding hydrogens is 310 g/mol. The number of aromatic nitrogens is 2. The number of hydrogen-bond donors (Lipinski definition) is 0. The number of rotatable bonds is 5. The molecule has 0 unspecified atom stereocenters. The van der Waals surface area contributed by atoms with Gasteiger partial charge in [-0.2, -0.15) is 0 Å². The Bertz CT molecular complexity index is 644. The molecule has 2 aliphatic heterocycles. The summed E-state index contributed by atoms with van der Waals surface area (Å²) < 4.78 is 0. The van der Waals surface area contributed by atoms with Crippen molar-refractivity contribution in [3.8, 4) is 11.1 Å². The second kappa shape index (κ2) is 7.93. The van der Waals surface area contributed by atoms with E-state index in [2.05, 4.69) is 42.9 Å². The first-order chi connectivity index (χ1) is 12.4. The van der Waals surface area contributed by atoms with Crippen LogP contribution < -0.4 is 4.90 Å². The maximum atomic E-state index is 4.68. The molecule has 5 nitrogen and oxygen atoms in total. The highest BCUT2D eigenvalue weighted by Gasteiger charge is 2.19. The van der Waals surface area contributed by atoms with Crippen LogP contribution in [0.3, 0.4) is 0 Å². The first kappa shape index (κ1) is 16.5. The lowest BCUT2D eigenvalue weighted by molar-refractivity contribution is 0.215. The molecule has 0 N–H and O–H groups in total. The molecule has 2 aliphatic rings. The van der Waals surface area contributed by atoms with Gasteiger partial charge < -0.3 is 9.80 Å². The van der Waals surface area contributed by atoms with Gasteiger partial charge in [-0.15, -0.1) is 0 Å². The van der Waals surface area contributed by atoms with Crippen LogP contribution in [0.4, 0.5) is 5.82 Å². The molecule has 0 atom stereocenters. The second-order valence-corrected chi connectivity index (χ2v) is 7.02. The van der Waals surface area contributed by atoms with Crippen LogP contribution in [0.5, 0.6) is 0 Å². The van der Waals surface area contributed by atoms with Gasteiger partial charge in [0, 0.05) is 69.0 Å². The summed E-state index contributed by atoms with van der Waals surface area (Å²) in [6, 6.07) is 8.33. The van der Waals surface area contributed by atoms with Crippen molar-refractivity contribution < 1.29 is 0 Å². The Hall–Kier alpha value is -1.98. The maximum Gasteiger partial charge on any atom is 0.128 e. The lowest BCUT2D eigenvalue weighted by Gasteiger charge is -2.36. The molecule has 4 heterocycles. The molecule has 2 saturated heterocycles. The van der Waals surface area contributed by atoms with Gasteiger partial charge in [0.05, 0.1) is 0 Å². The van der Waals surface area contributed by atoms with Crippen molar-refractivity contribution in [3.63, 3.8) is 0 Å². The van der Waals surface area contributed by atoms with Crippen molar-refractivity contribution in [1.82, 2.24) is 19.8 Å². The van der Waals surface area contributed by atoms with Crippen molar-refractivity contribution in [3.05, 3.63) is 42.9 Å². The van der Waals surface area contributed by atoms with Gasteiger partial charge in [0.25, 0.3) is 0 Å². The van der Waals surface area contributed by atoms with Gasteiger partial charge in [-0.25, -0.2) is 4.98 Å². The summed E-state index contributed by atoms with van der Waals surface area (Å²) in [5.41, 5.74) is 2.24. The third-order valence-electron chi connectivity index (χ3n) is 5.37. The summed E-state index contributed by atoms with van der Waals surface area (Å²) in [4.78, 5) is 16.5. The summed E-state index contributed by atoms with van der Waals surface area (Å²) in [7, 11) is 0. The first-order valence-corrected chi connectivity index (χ1v) is 9.45. The smallest absolute Gasteiger partial charge is 0.128 e. The number of nitrogens with zero attached hydrogens (tertiary/aromatic N) is 5. The van der Waals surface area contributed by atoms with Gasteiger partial charge in [-0.1, -0.05) is 6.07 Å². The number of likely N-dealkylation sites (tertiary alicyclic amines) is 1. The molecular formula is C20H27N5. The van der Waals surface area contributed by atoms with Crippen LogP contribution in [-0.2, 0) is 0 Å². The van der Waals surface area contributed by atoms with E-state index in [0.717, 1.165) is 43.1 Å². The molecule has 0 amide bonds. The Morgan fingerprint density at radius 1 is 0.760 bits per heavy atom. The molecule has 0 spiro atoms. The Morgan fingerprint density at radius 3 is 2.12 bits per heavy atom. The largest absolute Gasteiger partial charge is 0.354 e. The van der Waals surface area contributed by atoms with Crippen LogP contribution in [0.15, 0.2) is 42.9 Å². The number of anilines is 1. The highest BCUT2D eigenvalue weighted by atomic mass is 15.3. The minimum atomic E-state index is 1.07. The van der Waals surface area contributed by atoms with Crippen molar-refractivity contribution in [1.29, 1.82) is 0 Å². The molecule has 0 saturated carbocycles. The molecule has 132 valence electrons. The van der Waals surface area contributed by atoms with E-state index in [-0.39, 0.29) is 0 Å². The van der Waals surface area contributed by atoms with Crippen LogP contribution in [0, 0.1) is 0 Å². The average Bonchev–Trinajstić information content (AvgIpc) is 3.21. The third kappa shape index (κ3) is 4.17. The maximum absolute atomic E-state index is 4.68. The summed E-state index contributed by atoms with van der Waals surface area (Å²) >= 11 is 0. The minimum absolute atomic E-state index is 1.07. The van der Waals surface area contributed by atoms with Gasteiger partial charge in [0.15, 0.2) is 0 Å². The zero-order valence-electron chi connectivity index (χ0n) is 14.8. The number of piperazine rings is 1. The van der Waals surface area contributed by atoms with E-state index >= 15 is 0 Å². The van der Waals surface area contributed by atoms with Crippen LogP contribution in [-0.4, -0.2) is 72.1 Å². The Morgan fingerprint density at radius 2 is 1.48 bits per heavy atom. The predicted molar refractivity (Wildman–Crippen MR) is 102 cm³/mol. The Kier molecular flexibility index (Phi) is 5.23. The zero-order valence-corrected chi connectivity index (χ0v) is 14.8. The van der Waals surface area contributed by atoms with E-state index in [1.54, 1.807) is 6.20 Å². The summed E-state index contributed by atoms with van der Waals surface area (Å²) in [6.07, 6.45) is 8.42. The van der Waals surface area contributed by atoms with E-state index in [0.29, 0.717) is 0 Å². The number of hydrogen-bond acceptors (Lipinski definition) is 5. The fraction of sp³-hybridized carbons (Fsp3) is 0.500. The minimum Gasteiger partial charge on any atom is -0.354 e. The quantitative estimate of drug-likeness (QED) is 0.837. The van der Waals surface area contributed by atoms with Gasteiger partial charge in [-0.3, -0.25) is 9.88 Å². The van der Waals surface area contributed by atoms with E-state index < -0.39 is 0 Å². The highest BCUT2D eigenvalue weighted by molar-refractivity contribution is 5.62. The fourth-order valence-corrected chi connectivity index (χ4v) is 3.77. The molecule has 0 bridgehead atoms. The lowest BCUT2D eigenvalue weighted by Crippen LogP contribution is -2.48.